The molecule has 1 heterocycles. The molecule has 22 heavy (non-hydrogen) atoms. The number of carbonyl (C=O) groups excluding carboxylic acids is 1. The standard InChI is InChI=1S/C15H11N3O3S/c19-15(10-5-1-3-7-12(10)18(20)21)16-9-14-17-11-6-2-4-8-13(11)22-14/h1-8H,9H2,(H,16,19). The van der Waals surface area contributed by atoms with Crippen LogP contribution in [0.25, 0.3) is 10.2 Å². The third-order valence-electron chi connectivity index (χ3n) is 3.08. The van der Waals surface area contributed by atoms with Gasteiger partial charge in [0.15, 0.2) is 0 Å². The van der Waals surface area contributed by atoms with E-state index in [2.05, 4.69) is 10.3 Å². The molecule has 0 spiro atoms. The molecule has 6 nitrogen and oxygen atoms in total. The van der Waals surface area contributed by atoms with Gasteiger partial charge >= 0.3 is 0 Å². The highest BCUT2D eigenvalue weighted by Crippen LogP contribution is 2.22. The van der Waals surface area contributed by atoms with Crippen LogP contribution in [0, 0.1) is 10.1 Å². The summed E-state index contributed by atoms with van der Waals surface area (Å²) in [5.74, 6) is -0.480. The minimum Gasteiger partial charge on any atom is -0.345 e. The number of hydrogen-bond acceptors (Lipinski definition) is 5. The van der Waals surface area contributed by atoms with E-state index >= 15 is 0 Å². The lowest BCUT2D eigenvalue weighted by molar-refractivity contribution is -0.385. The van der Waals surface area contributed by atoms with Crippen LogP contribution < -0.4 is 5.32 Å². The quantitative estimate of drug-likeness (QED) is 0.592. The molecule has 0 aliphatic heterocycles. The number of thiazole rings is 1. The SMILES string of the molecule is O=C(NCc1nc2ccccc2s1)c1ccccc1[N+](=O)[O-]. The number of hydrogen-bond donors (Lipinski definition) is 1. The van der Waals surface area contributed by atoms with Crippen molar-refractivity contribution in [2.24, 2.45) is 0 Å². The van der Waals surface area contributed by atoms with Crippen LogP contribution in [0.4, 0.5) is 5.69 Å². The third kappa shape index (κ3) is 2.79. The zero-order valence-electron chi connectivity index (χ0n) is 11.4. The Morgan fingerprint density at radius 3 is 2.68 bits per heavy atom. The number of nitrogens with zero attached hydrogens (tertiary/aromatic N) is 2. The summed E-state index contributed by atoms with van der Waals surface area (Å²) >= 11 is 1.49. The number of carbonyl (C=O) groups is 1. The van der Waals surface area contributed by atoms with Crippen LogP contribution in [0.15, 0.2) is 48.5 Å². The lowest BCUT2D eigenvalue weighted by atomic mass is 10.1. The van der Waals surface area contributed by atoms with E-state index in [-0.39, 0.29) is 17.8 Å². The van der Waals surface area contributed by atoms with Gasteiger partial charge in [-0.3, -0.25) is 14.9 Å². The van der Waals surface area contributed by atoms with Gasteiger partial charge in [0, 0.05) is 6.07 Å². The molecule has 0 radical (unpaired) electrons. The lowest BCUT2D eigenvalue weighted by Gasteiger charge is -2.03. The smallest absolute Gasteiger partial charge is 0.282 e. The first-order valence-electron chi connectivity index (χ1n) is 6.51. The molecule has 0 saturated heterocycles. The zero-order valence-corrected chi connectivity index (χ0v) is 12.2. The van der Waals surface area contributed by atoms with E-state index in [1.165, 1.54) is 29.5 Å². The van der Waals surface area contributed by atoms with E-state index in [9.17, 15) is 14.9 Å². The van der Waals surface area contributed by atoms with Gasteiger partial charge < -0.3 is 5.32 Å². The molecule has 0 atom stereocenters. The molecule has 0 fully saturated rings. The molecule has 0 saturated carbocycles. The van der Waals surface area contributed by atoms with Gasteiger partial charge in [-0.2, -0.15) is 0 Å². The van der Waals surface area contributed by atoms with Gasteiger partial charge in [-0.1, -0.05) is 24.3 Å². The Morgan fingerprint density at radius 1 is 1.18 bits per heavy atom. The highest BCUT2D eigenvalue weighted by molar-refractivity contribution is 7.18. The second kappa shape index (κ2) is 5.90. The van der Waals surface area contributed by atoms with Crippen molar-refractivity contribution in [3.05, 3.63) is 69.2 Å². The fraction of sp³-hybridized carbons (Fsp3) is 0.0667. The van der Waals surface area contributed by atoms with Crippen LogP contribution in [0.1, 0.15) is 15.4 Å². The lowest BCUT2D eigenvalue weighted by Crippen LogP contribution is -2.23. The number of rotatable bonds is 4. The largest absolute Gasteiger partial charge is 0.345 e. The molecule has 1 amide bonds. The van der Waals surface area contributed by atoms with Gasteiger partial charge in [0.2, 0.25) is 0 Å². The molecule has 0 bridgehead atoms. The second-order valence-corrected chi connectivity index (χ2v) is 5.65. The summed E-state index contributed by atoms with van der Waals surface area (Å²) in [5, 5.41) is 14.4. The van der Waals surface area contributed by atoms with Crippen LogP contribution in [-0.2, 0) is 6.54 Å². The molecule has 3 rings (SSSR count). The topological polar surface area (TPSA) is 85.1 Å². The number of benzene rings is 2. The third-order valence-corrected chi connectivity index (χ3v) is 4.12. The summed E-state index contributed by atoms with van der Waals surface area (Å²) in [7, 11) is 0. The van der Waals surface area contributed by atoms with E-state index in [0.29, 0.717) is 0 Å². The first-order valence-corrected chi connectivity index (χ1v) is 7.33. The maximum absolute atomic E-state index is 12.1. The summed E-state index contributed by atoms with van der Waals surface area (Å²) in [5.41, 5.74) is 0.723. The monoisotopic (exact) mass is 313 g/mol. The molecule has 3 aromatic rings. The molecule has 2 aromatic carbocycles. The Kier molecular flexibility index (Phi) is 3.80. The van der Waals surface area contributed by atoms with Crippen LogP contribution in [0.5, 0.6) is 0 Å². The van der Waals surface area contributed by atoms with Crippen molar-refractivity contribution in [3.8, 4) is 0 Å². The average molecular weight is 313 g/mol. The Balaban J connectivity index is 1.76. The van der Waals surface area contributed by atoms with Crippen molar-refractivity contribution in [1.82, 2.24) is 10.3 Å². The number of nitrogens with one attached hydrogen (secondary N) is 1. The van der Waals surface area contributed by atoms with E-state index in [4.69, 9.17) is 0 Å². The van der Waals surface area contributed by atoms with Gasteiger partial charge in [-0.05, 0) is 18.2 Å². The number of nitro benzene ring substituents is 1. The highest BCUT2D eigenvalue weighted by Gasteiger charge is 2.19. The van der Waals surface area contributed by atoms with E-state index in [1.54, 1.807) is 6.07 Å². The molecule has 0 unspecified atom stereocenters. The average Bonchev–Trinajstić information content (AvgIpc) is 2.95. The Hall–Kier alpha value is -2.80. The van der Waals surface area contributed by atoms with Gasteiger partial charge in [-0.25, -0.2) is 4.98 Å². The summed E-state index contributed by atoms with van der Waals surface area (Å²) in [6.07, 6.45) is 0. The molecular weight excluding hydrogens is 302 g/mol. The van der Waals surface area contributed by atoms with Gasteiger partial charge in [-0.15, -0.1) is 11.3 Å². The summed E-state index contributed by atoms with van der Waals surface area (Å²) in [6, 6.07) is 13.6. The molecule has 0 aliphatic rings. The molecule has 7 heteroatoms. The Bertz CT molecular complexity index is 827. The maximum atomic E-state index is 12.1. The van der Waals surface area contributed by atoms with E-state index < -0.39 is 10.8 Å². The summed E-state index contributed by atoms with van der Waals surface area (Å²) in [6.45, 7) is 0.240. The summed E-state index contributed by atoms with van der Waals surface area (Å²) in [4.78, 5) is 26.9. The van der Waals surface area contributed by atoms with Crippen LogP contribution in [0.2, 0.25) is 0 Å². The Labute approximate surface area is 129 Å². The van der Waals surface area contributed by atoms with Gasteiger partial charge in [0.05, 0.1) is 21.7 Å². The van der Waals surface area contributed by atoms with Crippen molar-refractivity contribution < 1.29 is 9.72 Å². The minimum absolute atomic E-state index is 0.0496. The zero-order chi connectivity index (χ0) is 15.5. The summed E-state index contributed by atoms with van der Waals surface area (Å²) < 4.78 is 1.04. The predicted molar refractivity (Wildman–Crippen MR) is 83.9 cm³/mol. The van der Waals surface area contributed by atoms with E-state index in [1.807, 2.05) is 24.3 Å². The predicted octanol–water partition coefficient (Wildman–Crippen LogP) is 3.13. The van der Waals surface area contributed by atoms with Crippen molar-refractivity contribution >= 4 is 33.1 Å². The highest BCUT2D eigenvalue weighted by atomic mass is 32.1. The van der Waals surface area contributed by atoms with Crippen LogP contribution in [0.3, 0.4) is 0 Å². The van der Waals surface area contributed by atoms with Crippen LogP contribution >= 0.6 is 11.3 Å². The van der Waals surface area contributed by atoms with Crippen molar-refractivity contribution in [1.29, 1.82) is 0 Å². The van der Waals surface area contributed by atoms with Crippen molar-refractivity contribution in [2.45, 2.75) is 6.54 Å². The van der Waals surface area contributed by atoms with Crippen molar-refractivity contribution in [3.63, 3.8) is 0 Å². The minimum atomic E-state index is -0.563. The molecule has 0 aliphatic carbocycles. The molecule has 110 valence electrons. The molecular formula is C15H11N3O3S. The van der Waals surface area contributed by atoms with Crippen molar-refractivity contribution in [2.75, 3.05) is 0 Å². The van der Waals surface area contributed by atoms with Gasteiger partial charge in [0.1, 0.15) is 10.6 Å². The fourth-order valence-electron chi connectivity index (χ4n) is 2.07. The number of nitro groups is 1. The molecule has 1 N–H and O–H groups in total. The molecule has 1 aromatic heterocycles. The van der Waals surface area contributed by atoms with E-state index in [0.717, 1.165) is 15.2 Å². The first-order chi connectivity index (χ1) is 10.6. The van der Waals surface area contributed by atoms with Gasteiger partial charge in [0.25, 0.3) is 11.6 Å². The Morgan fingerprint density at radius 2 is 1.91 bits per heavy atom. The number of fused-ring (bicyclic) bond motifs is 1. The normalized spacial score (nSPS) is 10.5. The number of aromatic nitrogens is 1. The number of para-hydroxylation sites is 2. The maximum Gasteiger partial charge on any atom is 0.282 e. The first kappa shape index (κ1) is 14.2. The number of amides is 1. The van der Waals surface area contributed by atoms with Crippen LogP contribution in [-0.4, -0.2) is 15.8 Å². The fourth-order valence-corrected chi connectivity index (χ4v) is 2.98. The second-order valence-electron chi connectivity index (χ2n) is 4.53.